The molecule has 1 unspecified atom stereocenters. The molecule has 1 aliphatic heterocycles. The first-order valence-electron chi connectivity index (χ1n) is 7.25. The van der Waals surface area contributed by atoms with Gasteiger partial charge in [-0.25, -0.2) is 0 Å². The number of pyridine rings is 1. The van der Waals surface area contributed by atoms with Crippen LogP contribution in [-0.4, -0.2) is 60.5 Å². The molecular formula is C15H25ClN4O. The molecule has 0 radical (unpaired) electrons. The van der Waals surface area contributed by atoms with Crippen LogP contribution >= 0.6 is 12.4 Å². The molecule has 0 aromatic carbocycles. The van der Waals surface area contributed by atoms with E-state index >= 15 is 0 Å². The van der Waals surface area contributed by atoms with Crippen molar-refractivity contribution >= 4 is 18.3 Å². The van der Waals surface area contributed by atoms with Gasteiger partial charge >= 0.3 is 0 Å². The molecule has 1 saturated heterocycles. The number of halogens is 1. The maximum absolute atomic E-state index is 12.2. The second-order valence-electron chi connectivity index (χ2n) is 5.42. The number of hydrogen-bond acceptors (Lipinski definition) is 4. The predicted molar refractivity (Wildman–Crippen MR) is 86.4 cm³/mol. The summed E-state index contributed by atoms with van der Waals surface area (Å²) in [6.07, 6.45) is 3.70. The molecule has 2 heterocycles. The normalized spacial score (nSPS) is 17.1. The summed E-state index contributed by atoms with van der Waals surface area (Å²) in [5.74, 6) is 0.324. The van der Waals surface area contributed by atoms with Gasteiger partial charge in [-0.1, -0.05) is 13.0 Å². The predicted octanol–water partition coefficient (Wildman–Crippen LogP) is 1.00. The van der Waals surface area contributed by atoms with E-state index in [1.807, 2.05) is 31.1 Å². The largest absolute Gasteiger partial charge is 0.340 e. The lowest BCUT2D eigenvalue weighted by Gasteiger charge is -2.36. The third-order valence-electron chi connectivity index (χ3n) is 3.74. The number of nitrogens with one attached hydrogen (secondary N) is 1. The minimum atomic E-state index is 0. The van der Waals surface area contributed by atoms with E-state index in [0.29, 0.717) is 0 Å². The van der Waals surface area contributed by atoms with E-state index in [9.17, 15) is 4.79 Å². The SMILES string of the molecule is CNCC(C)C(=O)N1CCN(Cc2cccnc2)CC1.Cl. The lowest BCUT2D eigenvalue weighted by Crippen LogP contribution is -2.50. The van der Waals surface area contributed by atoms with E-state index in [1.165, 1.54) is 5.56 Å². The van der Waals surface area contributed by atoms with Gasteiger partial charge in [0.25, 0.3) is 0 Å². The van der Waals surface area contributed by atoms with Crippen molar-refractivity contribution in [1.29, 1.82) is 0 Å². The molecule has 1 amide bonds. The van der Waals surface area contributed by atoms with E-state index < -0.39 is 0 Å². The molecule has 21 heavy (non-hydrogen) atoms. The van der Waals surface area contributed by atoms with E-state index in [2.05, 4.69) is 21.3 Å². The summed E-state index contributed by atoms with van der Waals surface area (Å²) >= 11 is 0. The Hall–Kier alpha value is -1.17. The topological polar surface area (TPSA) is 48.5 Å². The van der Waals surface area contributed by atoms with Crippen LogP contribution in [0.2, 0.25) is 0 Å². The Morgan fingerprint density at radius 3 is 2.67 bits per heavy atom. The molecule has 1 atom stereocenters. The molecule has 0 spiro atoms. The van der Waals surface area contributed by atoms with E-state index in [1.54, 1.807) is 6.20 Å². The van der Waals surface area contributed by atoms with Crippen molar-refractivity contribution in [2.75, 3.05) is 39.8 Å². The maximum Gasteiger partial charge on any atom is 0.226 e. The van der Waals surface area contributed by atoms with Crippen LogP contribution in [-0.2, 0) is 11.3 Å². The minimum absolute atomic E-state index is 0. The van der Waals surface area contributed by atoms with Crippen LogP contribution in [0.1, 0.15) is 12.5 Å². The minimum Gasteiger partial charge on any atom is -0.340 e. The molecule has 1 fully saturated rings. The standard InChI is InChI=1S/C15H24N4O.ClH/c1-13(10-16-2)15(20)19-8-6-18(7-9-19)12-14-4-3-5-17-11-14;/h3-5,11,13,16H,6-10,12H2,1-2H3;1H. The fourth-order valence-electron chi connectivity index (χ4n) is 2.58. The lowest BCUT2D eigenvalue weighted by molar-refractivity contribution is -0.136. The number of hydrogen-bond donors (Lipinski definition) is 1. The first kappa shape index (κ1) is 17.9. The fraction of sp³-hybridized carbons (Fsp3) is 0.600. The van der Waals surface area contributed by atoms with Crippen LogP contribution in [0.5, 0.6) is 0 Å². The van der Waals surface area contributed by atoms with Crippen molar-refractivity contribution in [2.24, 2.45) is 5.92 Å². The fourth-order valence-corrected chi connectivity index (χ4v) is 2.58. The number of carbonyl (C=O) groups excluding carboxylic acids is 1. The van der Waals surface area contributed by atoms with Crippen LogP contribution < -0.4 is 5.32 Å². The van der Waals surface area contributed by atoms with Gasteiger partial charge in [-0.05, 0) is 18.7 Å². The smallest absolute Gasteiger partial charge is 0.226 e. The molecule has 1 N–H and O–H groups in total. The summed E-state index contributed by atoms with van der Waals surface area (Å²) in [6, 6.07) is 4.06. The Kier molecular flexibility index (Phi) is 7.64. The second-order valence-corrected chi connectivity index (χ2v) is 5.42. The van der Waals surface area contributed by atoms with Crippen LogP contribution in [0.3, 0.4) is 0 Å². The van der Waals surface area contributed by atoms with Gasteiger partial charge in [-0.2, -0.15) is 0 Å². The zero-order valence-corrected chi connectivity index (χ0v) is 13.6. The van der Waals surface area contributed by atoms with Gasteiger partial charge in [-0.15, -0.1) is 12.4 Å². The Morgan fingerprint density at radius 1 is 1.38 bits per heavy atom. The number of aromatic nitrogens is 1. The maximum atomic E-state index is 12.2. The zero-order chi connectivity index (χ0) is 14.4. The summed E-state index contributed by atoms with van der Waals surface area (Å²) < 4.78 is 0. The summed E-state index contributed by atoms with van der Waals surface area (Å²) in [7, 11) is 1.88. The Labute approximate surface area is 133 Å². The lowest BCUT2D eigenvalue weighted by atomic mass is 10.1. The van der Waals surface area contributed by atoms with Crippen molar-refractivity contribution in [3.8, 4) is 0 Å². The number of piperazine rings is 1. The average Bonchev–Trinajstić information content (AvgIpc) is 2.48. The van der Waals surface area contributed by atoms with Gasteiger partial charge in [0.05, 0.1) is 0 Å². The zero-order valence-electron chi connectivity index (χ0n) is 12.8. The number of nitrogens with zero attached hydrogens (tertiary/aromatic N) is 3. The highest BCUT2D eigenvalue weighted by Gasteiger charge is 2.24. The molecule has 0 aliphatic carbocycles. The molecule has 1 aromatic rings. The van der Waals surface area contributed by atoms with Crippen molar-refractivity contribution in [2.45, 2.75) is 13.5 Å². The quantitative estimate of drug-likeness (QED) is 0.881. The van der Waals surface area contributed by atoms with Crippen LogP contribution in [0, 0.1) is 5.92 Å². The molecule has 118 valence electrons. The van der Waals surface area contributed by atoms with Gasteiger partial charge in [0.2, 0.25) is 5.91 Å². The van der Waals surface area contributed by atoms with Crippen LogP contribution in [0.25, 0.3) is 0 Å². The monoisotopic (exact) mass is 312 g/mol. The highest BCUT2D eigenvalue weighted by atomic mass is 35.5. The molecule has 6 heteroatoms. The highest BCUT2D eigenvalue weighted by molar-refractivity contribution is 5.85. The van der Waals surface area contributed by atoms with Gasteiger partial charge in [0.15, 0.2) is 0 Å². The van der Waals surface area contributed by atoms with Crippen molar-refractivity contribution in [3.05, 3.63) is 30.1 Å². The van der Waals surface area contributed by atoms with E-state index in [4.69, 9.17) is 0 Å². The molecule has 0 saturated carbocycles. The van der Waals surface area contributed by atoms with Crippen molar-refractivity contribution in [3.63, 3.8) is 0 Å². The average molecular weight is 313 g/mol. The summed E-state index contributed by atoms with van der Waals surface area (Å²) in [5.41, 5.74) is 1.23. The molecule has 0 bridgehead atoms. The van der Waals surface area contributed by atoms with E-state index in [0.717, 1.165) is 39.3 Å². The molecular weight excluding hydrogens is 288 g/mol. The summed E-state index contributed by atoms with van der Waals surface area (Å²) in [5, 5.41) is 3.06. The van der Waals surface area contributed by atoms with E-state index in [-0.39, 0.29) is 24.2 Å². The summed E-state index contributed by atoms with van der Waals surface area (Å²) in [4.78, 5) is 20.7. The van der Waals surface area contributed by atoms with Crippen molar-refractivity contribution < 1.29 is 4.79 Å². The first-order chi connectivity index (χ1) is 9.70. The van der Waals surface area contributed by atoms with Gasteiger partial charge in [0, 0.05) is 57.6 Å². The van der Waals surface area contributed by atoms with Gasteiger partial charge < -0.3 is 10.2 Å². The molecule has 2 rings (SSSR count). The number of rotatable bonds is 5. The third kappa shape index (κ3) is 5.26. The van der Waals surface area contributed by atoms with Crippen LogP contribution in [0.15, 0.2) is 24.5 Å². The third-order valence-corrected chi connectivity index (χ3v) is 3.74. The Morgan fingerprint density at radius 2 is 2.10 bits per heavy atom. The molecule has 1 aliphatic rings. The van der Waals surface area contributed by atoms with Crippen molar-refractivity contribution in [1.82, 2.24) is 20.1 Å². The van der Waals surface area contributed by atoms with Crippen LogP contribution in [0.4, 0.5) is 0 Å². The number of amides is 1. The molecule has 5 nitrogen and oxygen atoms in total. The summed E-state index contributed by atoms with van der Waals surface area (Å²) in [6.45, 7) is 7.18. The van der Waals surface area contributed by atoms with Gasteiger partial charge in [-0.3, -0.25) is 14.7 Å². The second kappa shape index (κ2) is 8.97. The Balaban J connectivity index is 0.00000220. The number of carbonyl (C=O) groups is 1. The first-order valence-corrected chi connectivity index (χ1v) is 7.25. The van der Waals surface area contributed by atoms with Gasteiger partial charge in [0.1, 0.15) is 0 Å². The molecule has 1 aromatic heterocycles. The Bertz CT molecular complexity index is 421. The highest BCUT2D eigenvalue weighted by Crippen LogP contribution is 2.10.